The molecule has 0 spiro atoms. The highest BCUT2D eigenvalue weighted by Crippen LogP contribution is 2.26. The molecule has 21 heavy (non-hydrogen) atoms. The van der Waals surface area contributed by atoms with E-state index >= 15 is 0 Å². The Morgan fingerprint density at radius 1 is 1.33 bits per heavy atom. The van der Waals surface area contributed by atoms with E-state index in [1.807, 2.05) is 26.2 Å². The number of benzene rings is 1. The highest BCUT2D eigenvalue weighted by Gasteiger charge is 2.19. The van der Waals surface area contributed by atoms with Gasteiger partial charge in [-0.05, 0) is 45.5 Å². The van der Waals surface area contributed by atoms with Crippen LogP contribution >= 0.6 is 0 Å². The zero-order valence-corrected chi connectivity index (χ0v) is 13.0. The summed E-state index contributed by atoms with van der Waals surface area (Å²) in [5.41, 5.74) is 6.54. The summed E-state index contributed by atoms with van der Waals surface area (Å²) in [6.45, 7) is 3.21. The molecule has 1 fully saturated rings. The Morgan fingerprint density at radius 2 is 2.05 bits per heavy atom. The second kappa shape index (κ2) is 7.61. The summed E-state index contributed by atoms with van der Waals surface area (Å²) < 4.78 is 19.8. The zero-order valence-electron chi connectivity index (χ0n) is 13.0. The maximum atomic E-state index is 14.2. The molecule has 0 radical (unpaired) electrons. The van der Waals surface area contributed by atoms with Gasteiger partial charge in [0.2, 0.25) is 0 Å². The van der Waals surface area contributed by atoms with Gasteiger partial charge in [-0.2, -0.15) is 0 Å². The fourth-order valence-corrected chi connectivity index (χ4v) is 2.55. The van der Waals surface area contributed by atoms with Gasteiger partial charge in [-0.25, -0.2) is 4.39 Å². The maximum absolute atomic E-state index is 14.2. The first-order valence-electron chi connectivity index (χ1n) is 7.64. The molecule has 118 valence electrons. The Kier molecular flexibility index (Phi) is 5.82. The number of nitrogens with two attached hydrogens (primary N) is 1. The zero-order chi connectivity index (χ0) is 15.2. The molecule has 1 aliphatic heterocycles. The number of hydrogen-bond acceptors (Lipinski definition) is 4. The third kappa shape index (κ3) is 4.86. The molecular formula is C16H26FN3O. The lowest BCUT2D eigenvalue weighted by Crippen LogP contribution is -2.40. The normalized spacial score (nSPS) is 16.5. The van der Waals surface area contributed by atoms with Crippen molar-refractivity contribution < 1.29 is 9.13 Å². The molecule has 1 aromatic rings. The predicted octanol–water partition coefficient (Wildman–Crippen LogP) is 2.08. The van der Waals surface area contributed by atoms with E-state index in [4.69, 9.17) is 10.5 Å². The van der Waals surface area contributed by atoms with Crippen molar-refractivity contribution in [3.05, 3.63) is 24.0 Å². The number of anilines is 1. The number of halogens is 1. The van der Waals surface area contributed by atoms with Gasteiger partial charge in [-0.1, -0.05) is 0 Å². The van der Waals surface area contributed by atoms with Gasteiger partial charge in [0.1, 0.15) is 11.6 Å². The molecule has 2 rings (SSSR count). The Morgan fingerprint density at radius 3 is 2.67 bits per heavy atom. The van der Waals surface area contributed by atoms with Crippen molar-refractivity contribution in [2.75, 3.05) is 45.2 Å². The van der Waals surface area contributed by atoms with Gasteiger partial charge in [-0.3, -0.25) is 0 Å². The van der Waals surface area contributed by atoms with Crippen LogP contribution in [0.3, 0.4) is 0 Å². The first kappa shape index (κ1) is 16.0. The summed E-state index contributed by atoms with van der Waals surface area (Å²) in [6, 6.07) is 5.40. The molecule has 4 nitrogen and oxygen atoms in total. The smallest absolute Gasteiger partial charge is 0.150 e. The van der Waals surface area contributed by atoms with Crippen LogP contribution < -0.4 is 15.4 Å². The lowest BCUT2D eigenvalue weighted by atomic mass is 10.1. The van der Waals surface area contributed by atoms with Crippen LogP contribution in [0.5, 0.6) is 5.75 Å². The van der Waals surface area contributed by atoms with Gasteiger partial charge in [0, 0.05) is 31.7 Å². The first-order valence-corrected chi connectivity index (χ1v) is 7.64. The van der Waals surface area contributed by atoms with E-state index in [1.54, 1.807) is 0 Å². The second-order valence-electron chi connectivity index (χ2n) is 5.94. The summed E-state index contributed by atoms with van der Waals surface area (Å²) in [4.78, 5) is 4.17. The standard InChI is InChI=1S/C16H26FN3O/c1-19(2)8-3-11-21-14-4-5-16(15(17)12-14)20-9-6-13(18)7-10-20/h4-5,12-13H,3,6-11,18H2,1-2H3. The summed E-state index contributed by atoms with van der Waals surface area (Å²) in [5, 5.41) is 0. The number of piperidine rings is 1. The lowest BCUT2D eigenvalue weighted by Gasteiger charge is -2.32. The van der Waals surface area contributed by atoms with Gasteiger partial charge in [-0.15, -0.1) is 0 Å². The maximum Gasteiger partial charge on any atom is 0.150 e. The molecule has 0 atom stereocenters. The van der Waals surface area contributed by atoms with Gasteiger partial charge in [0.05, 0.1) is 12.3 Å². The molecule has 0 saturated carbocycles. The number of hydrogen-bond donors (Lipinski definition) is 1. The molecule has 0 aromatic heterocycles. The Balaban J connectivity index is 1.88. The average molecular weight is 295 g/mol. The molecule has 1 saturated heterocycles. The molecule has 0 bridgehead atoms. The van der Waals surface area contributed by atoms with Gasteiger partial charge >= 0.3 is 0 Å². The van der Waals surface area contributed by atoms with E-state index in [1.165, 1.54) is 6.07 Å². The highest BCUT2D eigenvalue weighted by atomic mass is 19.1. The number of nitrogens with zero attached hydrogens (tertiary/aromatic N) is 2. The Bertz CT molecular complexity index is 445. The minimum atomic E-state index is -0.212. The van der Waals surface area contributed by atoms with Crippen molar-refractivity contribution >= 4 is 5.69 Å². The van der Waals surface area contributed by atoms with E-state index in [0.717, 1.165) is 38.9 Å². The van der Waals surface area contributed by atoms with Crippen LogP contribution in [0, 0.1) is 5.82 Å². The van der Waals surface area contributed by atoms with Crippen molar-refractivity contribution in [2.24, 2.45) is 5.73 Å². The van der Waals surface area contributed by atoms with Crippen LogP contribution in [0.15, 0.2) is 18.2 Å². The predicted molar refractivity (Wildman–Crippen MR) is 84.5 cm³/mol. The molecule has 0 aliphatic carbocycles. The van der Waals surface area contributed by atoms with Crippen molar-refractivity contribution in [3.8, 4) is 5.75 Å². The minimum absolute atomic E-state index is 0.212. The third-order valence-corrected chi connectivity index (χ3v) is 3.82. The topological polar surface area (TPSA) is 41.7 Å². The molecule has 0 unspecified atom stereocenters. The van der Waals surface area contributed by atoms with E-state index in [0.29, 0.717) is 18.0 Å². The molecule has 2 N–H and O–H groups in total. The van der Waals surface area contributed by atoms with Gasteiger partial charge in [0.15, 0.2) is 0 Å². The molecule has 0 amide bonds. The molecule has 1 heterocycles. The molecule has 5 heteroatoms. The largest absolute Gasteiger partial charge is 0.493 e. The average Bonchev–Trinajstić information content (AvgIpc) is 2.45. The fraction of sp³-hybridized carbons (Fsp3) is 0.625. The Hall–Kier alpha value is -1.33. The van der Waals surface area contributed by atoms with Gasteiger partial charge < -0.3 is 20.3 Å². The van der Waals surface area contributed by atoms with Crippen molar-refractivity contribution in [1.29, 1.82) is 0 Å². The summed E-state index contributed by atoms with van der Waals surface area (Å²) >= 11 is 0. The highest BCUT2D eigenvalue weighted by molar-refractivity contribution is 5.51. The van der Waals surface area contributed by atoms with Crippen molar-refractivity contribution in [1.82, 2.24) is 4.90 Å². The van der Waals surface area contributed by atoms with E-state index < -0.39 is 0 Å². The van der Waals surface area contributed by atoms with Crippen molar-refractivity contribution in [3.63, 3.8) is 0 Å². The van der Waals surface area contributed by atoms with Gasteiger partial charge in [0.25, 0.3) is 0 Å². The fourth-order valence-electron chi connectivity index (χ4n) is 2.55. The first-order chi connectivity index (χ1) is 10.1. The molecule has 1 aromatic carbocycles. The van der Waals surface area contributed by atoms with Crippen LogP contribution in [0.25, 0.3) is 0 Å². The van der Waals surface area contributed by atoms with Crippen LogP contribution in [-0.4, -0.2) is 51.3 Å². The minimum Gasteiger partial charge on any atom is -0.493 e. The summed E-state index contributed by atoms with van der Waals surface area (Å²) in [5.74, 6) is 0.388. The SMILES string of the molecule is CN(C)CCCOc1ccc(N2CCC(N)CC2)c(F)c1. The van der Waals surface area contributed by atoms with Crippen LogP contribution in [0.1, 0.15) is 19.3 Å². The van der Waals surface area contributed by atoms with E-state index in [9.17, 15) is 4.39 Å². The van der Waals surface area contributed by atoms with Crippen molar-refractivity contribution in [2.45, 2.75) is 25.3 Å². The molecular weight excluding hydrogens is 269 g/mol. The summed E-state index contributed by atoms with van der Waals surface area (Å²) in [7, 11) is 4.05. The number of ether oxygens (including phenoxy) is 1. The quantitative estimate of drug-likeness (QED) is 0.816. The number of rotatable bonds is 6. The summed E-state index contributed by atoms with van der Waals surface area (Å²) in [6.07, 6.45) is 2.77. The molecule has 1 aliphatic rings. The van der Waals surface area contributed by atoms with E-state index in [2.05, 4.69) is 9.80 Å². The van der Waals surface area contributed by atoms with Crippen LogP contribution in [0.2, 0.25) is 0 Å². The van der Waals surface area contributed by atoms with E-state index in [-0.39, 0.29) is 11.9 Å². The third-order valence-electron chi connectivity index (χ3n) is 3.82. The monoisotopic (exact) mass is 295 g/mol. The van der Waals surface area contributed by atoms with Crippen LogP contribution in [-0.2, 0) is 0 Å². The Labute approximate surface area is 126 Å². The van der Waals surface area contributed by atoms with Crippen LogP contribution in [0.4, 0.5) is 10.1 Å². The lowest BCUT2D eigenvalue weighted by molar-refractivity contribution is 0.280. The second-order valence-corrected chi connectivity index (χ2v) is 5.94.